The van der Waals surface area contributed by atoms with Gasteiger partial charge >= 0.3 is 5.97 Å². The third-order valence-electron chi connectivity index (χ3n) is 3.86. The van der Waals surface area contributed by atoms with E-state index < -0.39 is 24.0 Å². The van der Waals surface area contributed by atoms with Crippen molar-refractivity contribution in [3.05, 3.63) is 46.7 Å². The molecule has 0 fully saturated rings. The van der Waals surface area contributed by atoms with E-state index in [-0.39, 0.29) is 23.2 Å². The first-order valence-corrected chi connectivity index (χ1v) is 9.40. The molecule has 0 aliphatic carbocycles. The summed E-state index contributed by atoms with van der Waals surface area (Å²) in [6, 6.07) is 9.10. The van der Waals surface area contributed by atoms with Crippen molar-refractivity contribution in [1.29, 1.82) is 0 Å². The van der Waals surface area contributed by atoms with Crippen LogP contribution in [0.15, 0.2) is 30.3 Å². The van der Waals surface area contributed by atoms with Crippen LogP contribution < -0.4 is 5.32 Å². The monoisotopic (exact) mass is 420 g/mol. The Kier molecular flexibility index (Phi) is 7.02. The van der Waals surface area contributed by atoms with Gasteiger partial charge < -0.3 is 15.0 Å². The summed E-state index contributed by atoms with van der Waals surface area (Å²) < 4.78 is 6.53. The molecule has 0 aliphatic rings. The molecule has 1 aromatic carbocycles. The zero-order valence-electron chi connectivity index (χ0n) is 17.2. The second-order valence-electron chi connectivity index (χ2n) is 7.62. The second kappa shape index (κ2) is 9.09. The minimum atomic E-state index is -0.754. The molecule has 0 radical (unpaired) electrons. The van der Waals surface area contributed by atoms with E-state index in [2.05, 4.69) is 10.4 Å². The first kappa shape index (κ1) is 22.4. The fraction of sp³-hybridized carbons (Fsp3) is 0.400. The largest absolute Gasteiger partial charge is 0.452 e. The van der Waals surface area contributed by atoms with Gasteiger partial charge in [-0.2, -0.15) is 5.10 Å². The lowest BCUT2D eigenvalue weighted by atomic mass is 10.1. The molecule has 2 aromatic rings. The summed E-state index contributed by atoms with van der Waals surface area (Å²) in [7, 11) is 1.46. The number of aromatic nitrogens is 2. The Bertz CT molecular complexity index is 903. The first-order chi connectivity index (χ1) is 13.5. The van der Waals surface area contributed by atoms with Crippen LogP contribution in [0.4, 0.5) is 0 Å². The molecule has 0 spiro atoms. The number of likely N-dealkylation sites (N-methyl/N-ethyl adjacent to an activating group) is 1. The maximum Gasteiger partial charge on any atom is 0.343 e. The predicted octanol–water partition coefficient (Wildman–Crippen LogP) is 2.36. The molecular formula is C20H25ClN4O4. The Labute approximate surface area is 174 Å². The fourth-order valence-corrected chi connectivity index (χ4v) is 2.89. The number of carbonyl (C=O) groups is 3. The van der Waals surface area contributed by atoms with Crippen LogP contribution in [0.3, 0.4) is 0 Å². The highest BCUT2D eigenvalue weighted by Crippen LogP contribution is 2.24. The van der Waals surface area contributed by atoms with Gasteiger partial charge in [0.15, 0.2) is 6.61 Å². The molecular weight excluding hydrogens is 396 g/mol. The molecule has 0 unspecified atom stereocenters. The highest BCUT2D eigenvalue weighted by molar-refractivity contribution is 6.33. The van der Waals surface area contributed by atoms with Gasteiger partial charge in [-0.25, -0.2) is 9.48 Å². The van der Waals surface area contributed by atoms with Crippen LogP contribution in [0.2, 0.25) is 5.15 Å². The van der Waals surface area contributed by atoms with Crippen LogP contribution >= 0.6 is 11.6 Å². The molecule has 1 N–H and O–H groups in total. The van der Waals surface area contributed by atoms with Crippen molar-refractivity contribution in [2.45, 2.75) is 33.2 Å². The highest BCUT2D eigenvalue weighted by atomic mass is 35.5. The minimum Gasteiger partial charge on any atom is -0.452 e. The number of hydrogen-bond acceptors (Lipinski definition) is 5. The molecule has 2 amide bonds. The van der Waals surface area contributed by atoms with Crippen molar-refractivity contribution in [3.63, 3.8) is 0 Å². The number of aryl methyl sites for hydroxylation is 1. The van der Waals surface area contributed by atoms with Gasteiger partial charge in [-0.1, -0.05) is 29.8 Å². The molecule has 2 rings (SSSR count). The quantitative estimate of drug-likeness (QED) is 0.724. The molecule has 9 heteroatoms. The summed E-state index contributed by atoms with van der Waals surface area (Å²) in [6.07, 6.45) is 0. The SMILES string of the molecule is Cc1nn(-c2ccccc2)c(Cl)c1C(=O)OCC(=O)N(C)CC(=O)NC(C)(C)C. The Hall–Kier alpha value is -2.87. The molecule has 156 valence electrons. The summed E-state index contributed by atoms with van der Waals surface area (Å²) in [4.78, 5) is 37.8. The number of para-hydroxylation sites is 1. The first-order valence-electron chi connectivity index (χ1n) is 9.02. The van der Waals surface area contributed by atoms with Gasteiger partial charge in [-0.3, -0.25) is 9.59 Å². The van der Waals surface area contributed by atoms with E-state index in [0.717, 1.165) is 0 Å². The Morgan fingerprint density at radius 2 is 1.83 bits per heavy atom. The zero-order valence-corrected chi connectivity index (χ0v) is 17.9. The summed E-state index contributed by atoms with van der Waals surface area (Å²) in [5.74, 6) is -1.56. The Balaban J connectivity index is 2.00. The van der Waals surface area contributed by atoms with Crippen molar-refractivity contribution in [2.75, 3.05) is 20.2 Å². The van der Waals surface area contributed by atoms with Crippen LogP contribution in [0.1, 0.15) is 36.8 Å². The summed E-state index contributed by atoms with van der Waals surface area (Å²) >= 11 is 6.32. The van der Waals surface area contributed by atoms with Crippen molar-refractivity contribution in [1.82, 2.24) is 20.0 Å². The van der Waals surface area contributed by atoms with Crippen molar-refractivity contribution >= 4 is 29.4 Å². The van der Waals surface area contributed by atoms with Gasteiger partial charge in [0.05, 0.1) is 17.9 Å². The smallest absolute Gasteiger partial charge is 0.343 e. The molecule has 1 heterocycles. The van der Waals surface area contributed by atoms with Gasteiger partial charge in [-0.05, 0) is 39.8 Å². The molecule has 1 aromatic heterocycles. The number of benzene rings is 1. The Morgan fingerprint density at radius 1 is 1.21 bits per heavy atom. The normalized spacial score (nSPS) is 11.1. The summed E-state index contributed by atoms with van der Waals surface area (Å²) in [5.41, 5.74) is 0.770. The van der Waals surface area contributed by atoms with Crippen LogP contribution in [-0.4, -0.2) is 58.2 Å². The number of halogens is 1. The van der Waals surface area contributed by atoms with E-state index in [4.69, 9.17) is 16.3 Å². The summed E-state index contributed by atoms with van der Waals surface area (Å²) in [5, 5.41) is 7.13. The molecule has 29 heavy (non-hydrogen) atoms. The number of hydrogen-bond donors (Lipinski definition) is 1. The van der Waals surface area contributed by atoms with Gasteiger partial charge in [0.2, 0.25) is 5.91 Å². The molecule has 0 bridgehead atoms. The third-order valence-corrected chi connectivity index (χ3v) is 4.21. The van der Waals surface area contributed by atoms with E-state index in [1.54, 1.807) is 19.1 Å². The van der Waals surface area contributed by atoms with E-state index in [1.807, 2.05) is 39.0 Å². The van der Waals surface area contributed by atoms with E-state index in [1.165, 1.54) is 16.6 Å². The number of esters is 1. The number of rotatable bonds is 6. The lowest BCUT2D eigenvalue weighted by Crippen LogP contribution is -2.46. The zero-order chi connectivity index (χ0) is 21.8. The number of amides is 2. The number of carbonyl (C=O) groups excluding carboxylic acids is 3. The molecule has 0 saturated carbocycles. The van der Waals surface area contributed by atoms with E-state index in [9.17, 15) is 14.4 Å². The molecule has 0 saturated heterocycles. The van der Waals surface area contributed by atoms with Crippen LogP contribution in [-0.2, 0) is 14.3 Å². The summed E-state index contributed by atoms with van der Waals surface area (Å²) in [6.45, 7) is 6.51. The van der Waals surface area contributed by atoms with Gasteiger partial charge in [0.1, 0.15) is 10.7 Å². The third kappa shape index (κ3) is 6.05. The Morgan fingerprint density at radius 3 is 2.41 bits per heavy atom. The van der Waals surface area contributed by atoms with Gasteiger partial charge in [-0.15, -0.1) is 0 Å². The average Bonchev–Trinajstić information content (AvgIpc) is 2.92. The number of ether oxygens (including phenoxy) is 1. The maximum atomic E-state index is 12.5. The highest BCUT2D eigenvalue weighted by Gasteiger charge is 2.24. The lowest BCUT2D eigenvalue weighted by molar-refractivity contribution is -0.137. The molecule has 8 nitrogen and oxygen atoms in total. The van der Waals surface area contributed by atoms with E-state index in [0.29, 0.717) is 11.4 Å². The van der Waals surface area contributed by atoms with Crippen molar-refractivity contribution < 1.29 is 19.1 Å². The fourth-order valence-electron chi connectivity index (χ4n) is 2.54. The lowest BCUT2D eigenvalue weighted by Gasteiger charge is -2.23. The second-order valence-corrected chi connectivity index (χ2v) is 7.98. The topological polar surface area (TPSA) is 93.5 Å². The predicted molar refractivity (Wildman–Crippen MR) is 109 cm³/mol. The van der Waals surface area contributed by atoms with Crippen molar-refractivity contribution in [2.24, 2.45) is 0 Å². The van der Waals surface area contributed by atoms with Crippen LogP contribution in [0.25, 0.3) is 5.69 Å². The molecule has 0 atom stereocenters. The molecule has 0 aliphatic heterocycles. The van der Waals surface area contributed by atoms with Gasteiger partial charge in [0, 0.05) is 12.6 Å². The maximum absolute atomic E-state index is 12.5. The van der Waals surface area contributed by atoms with Gasteiger partial charge in [0.25, 0.3) is 5.91 Å². The van der Waals surface area contributed by atoms with Crippen LogP contribution in [0, 0.1) is 6.92 Å². The van der Waals surface area contributed by atoms with Crippen LogP contribution in [0.5, 0.6) is 0 Å². The number of nitrogens with one attached hydrogen (secondary N) is 1. The number of nitrogens with zero attached hydrogens (tertiary/aromatic N) is 3. The van der Waals surface area contributed by atoms with Crippen molar-refractivity contribution in [3.8, 4) is 5.69 Å². The minimum absolute atomic E-state index is 0.0939. The standard InChI is InChI=1S/C20H25ClN4O4/c1-13-17(18(21)25(23-13)14-9-7-6-8-10-14)19(28)29-12-16(27)24(5)11-15(26)22-20(2,3)4/h6-10H,11-12H2,1-5H3,(H,22,26). The average molecular weight is 421 g/mol. The van der Waals surface area contributed by atoms with E-state index >= 15 is 0 Å².